The number of ether oxygens (including phenoxy) is 2. The summed E-state index contributed by atoms with van der Waals surface area (Å²) in [6.07, 6.45) is 0.517. The fourth-order valence-corrected chi connectivity index (χ4v) is 1.70. The minimum absolute atomic E-state index is 0.234. The highest BCUT2D eigenvalue weighted by atomic mass is 16.7. The van der Waals surface area contributed by atoms with Crippen molar-refractivity contribution in [2.45, 2.75) is 19.9 Å². The van der Waals surface area contributed by atoms with Gasteiger partial charge in [-0.15, -0.1) is 0 Å². The van der Waals surface area contributed by atoms with E-state index in [9.17, 15) is 4.79 Å². The number of fused-ring (bicyclic) bond motifs is 1. The molecule has 0 fully saturated rings. The summed E-state index contributed by atoms with van der Waals surface area (Å²) in [6.45, 7) is 2.43. The summed E-state index contributed by atoms with van der Waals surface area (Å²) in [5.41, 5.74) is 0.917. The van der Waals surface area contributed by atoms with E-state index in [0.717, 1.165) is 5.56 Å². The molecule has 0 spiro atoms. The molecule has 1 aliphatic rings. The van der Waals surface area contributed by atoms with Crippen LogP contribution in [0.25, 0.3) is 0 Å². The molecule has 1 atom stereocenters. The van der Waals surface area contributed by atoms with E-state index in [4.69, 9.17) is 14.7 Å². The van der Waals surface area contributed by atoms with E-state index in [2.05, 4.69) is 5.32 Å². The van der Waals surface area contributed by atoms with Gasteiger partial charge in [0.1, 0.15) is 5.92 Å². The lowest BCUT2D eigenvalue weighted by molar-refractivity contribution is -0.123. The van der Waals surface area contributed by atoms with Gasteiger partial charge in [0, 0.05) is 6.54 Å². The Hall–Kier alpha value is -2.22. The first-order chi connectivity index (χ1) is 8.74. The van der Waals surface area contributed by atoms with Crippen molar-refractivity contribution in [2.24, 2.45) is 5.92 Å². The second-order valence-electron chi connectivity index (χ2n) is 4.00. The van der Waals surface area contributed by atoms with Crippen LogP contribution in [0.3, 0.4) is 0 Å². The molecule has 0 saturated carbocycles. The third-order valence-corrected chi connectivity index (χ3v) is 2.78. The lowest BCUT2D eigenvalue weighted by Crippen LogP contribution is -2.29. The van der Waals surface area contributed by atoms with E-state index >= 15 is 0 Å². The molecular weight excluding hydrogens is 232 g/mol. The Morgan fingerprint density at radius 3 is 3.00 bits per heavy atom. The highest BCUT2D eigenvalue weighted by Crippen LogP contribution is 2.32. The molecule has 1 N–H and O–H groups in total. The summed E-state index contributed by atoms with van der Waals surface area (Å²) in [7, 11) is 0. The van der Waals surface area contributed by atoms with Crippen LogP contribution in [0.15, 0.2) is 18.2 Å². The van der Waals surface area contributed by atoms with Gasteiger partial charge < -0.3 is 14.8 Å². The molecule has 1 aliphatic heterocycles. The van der Waals surface area contributed by atoms with E-state index in [0.29, 0.717) is 24.5 Å². The maximum Gasteiger partial charge on any atom is 0.237 e. The first-order valence-electron chi connectivity index (χ1n) is 5.80. The molecule has 2 rings (SSSR count). The molecule has 1 aromatic carbocycles. The highest BCUT2D eigenvalue weighted by Gasteiger charge is 2.16. The molecule has 18 heavy (non-hydrogen) atoms. The number of rotatable bonds is 4. The maximum absolute atomic E-state index is 11.6. The van der Waals surface area contributed by atoms with Crippen molar-refractivity contribution in [3.05, 3.63) is 23.8 Å². The van der Waals surface area contributed by atoms with Gasteiger partial charge >= 0.3 is 0 Å². The van der Waals surface area contributed by atoms with E-state index < -0.39 is 5.92 Å². The smallest absolute Gasteiger partial charge is 0.237 e. The van der Waals surface area contributed by atoms with E-state index in [1.54, 1.807) is 0 Å². The third kappa shape index (κ3) is 2.54. The Labute approximate surface area is 105 Å². The van der Waals surface area contributed by atoms with Crippen molar-refractivity contribution in [1.29, 1.82) is 5.26 Å². The van der Waals surface area contributed by atoms with Crippen molar-refractivity contribution >= 4 is 5.91 Å². The summed E-state index contributed by atoms with van der Waals surface area (Å²) in [5, 5.41) is 11.5. The number of carbonyl (C=O) groups is 1. The van der Waals surface area contributed by atoms with Crippen molar-refractivity contribution in [2.75, 3.05) is 6.79 Å². The van der Waals surface area contributed by atoms with Crippen LogP contribution in [-0.2, 0) is 11.3 Å². The molecule has 5 heteroatoms. The summed E-state index contributed by atoms with van der Waals surface area (Å²) < 4.78 is 10.4. The Morgan fingerprint density at radius 1 is 1.50 bits per heavy atom. The minimum Gasteiger partial charge on any atom is -0.454 e. The molecule has 0 radical (unpaired) electrons. The first kappa shape index (κ1) is 12.2. The fourth-order valence-electron chi connectivity index (χ4n) is 1.70. The SMILES string of the molecule is CCC(C#N)C(=O)NCc1ccc2c(c1)OCO2. The van der Waals surface area contributed by atoms with Crippen LogP contribution in [0.1, 0.15) is 18.9 Å². The lowest BCUT2D eigenvalue weighted by atomic mass is 10.1. The normalized spacial score (nSPS) is 13.8. The lowest BCUT2D eigenvalue weighted by Gasteiger charge is -2.08. The van der Waals surface area contributed by atoms with Gasteiger partial charge in [0.05, 0.1) is 6.07 Å². The molecule has 5 nitrogen and oxygen atoms in total. The van der Waals surface area contributed by atoms with Crippen LogP contribution in [-0.4, -0.2) is 12.7 Å². The Bertz CT molecular complexity index is 493. The molecule has 0 saturated heterocycles. The van der Waals surface area contributed by atoms with Crippen LogP contribution in [0.5, 0.6) is 11.5 Å². The standard InChI is InChI=1S/C13H14N2O3/c1-2-10(6-14)13(16)15-7-9-3-4-11-12(5-9)18-8-17-11/h3-5,10H,2,7-8H2,1H3,(H,15,16). The number of nitrogens with one attached hydrogen (secondary N) is 1. The predicted octanol–water partition coefficient (Wildman–Crippen LogP) is 1.58. The first-order valence-corrected chi connectivity index (χ1v) is 5.80. The number of amides is 1. The Morgan fingerprint density at radius 2 is 2.28 bits per heavy atom. The quantitative estimate of drug-likeness (QED) is 0.875. The summed E-state index contributed by atoms with van der Waals surface area (Å²) >= 11 is 0. The molecular formula is C13H14N2O3. The summed E-state index contributed by atoms with van der Waals surface area (Å²) in [4.78, 5) is 11.6. The van der Waals surface area contributed by atoms with Gasteiger partial charge in [-0.05, 0) is 24.1 Å². The fraction of sp³-hybridized carbons (Fsp3) is 0.385. The van der Waals surface area contributed by atoms with E-state index in [1.165, 1.54) is 0 Å². The van der Waals surface area contributed by atoms with Gasteiger partial charge in [0.25, 0.3) is 0 Å². The number of nitriles is 1. The number of benzene rings is 1. The van der Waals surface area contributed by atoms with Crippen molar-refractivity contribution in [3.63, 3.8) is 0 Å². The zero-order valence-electron chi connectivity index (χ0n) is 10.1. The third-order valence-electron chi connectivity index (χ3n) is 2.78. The van der Waals surface area contributed by atoms with Gasteiger partial charge in [-0.25, -0.2) is 0 Å². The number of hydrogen-bond donors (Lipinski definition) is 1. The van der Waals surface area contributed by atoms with Crippen LogP contribution in [0.4, 0.5) is 0 Å². The van der Waals surface area contributed by atoms with E-state index in [1.807, 2.05) is 31.2 Å². The van der Waals surface area contributed by atoms with Crippen molar-refractivity contribution in [1.82, 2.24) is 5.32 Å². The Balaban J connectivity index is 1.95. The minimum atomic E-state index is -0.584. The average Bonchev–Trinajstić information content (AvgIpc) is 2.85. The largest absolute Gasteiger partial charge is 0.454 e. The average molecular weight is 246 g/mol. The highest BCUT2D eigenvalue weighted by molar-refractivity contribution is 5.80. The molecule has 1 aromatic rings. The Kier molecular flexibility index (Phi) is 3.68. The van der Waals surface area contributed by atoms with Gasteiger partial charge in [0.15, 0.2) is 11.5 Å². The molecule has 1 unspecified atom stereocenters. The van der Waals surface area contributed by atoms with E-state index in [-0.39, 0.29) is 12.7 Å². The zero-order chi connectivity index (χ0) is 13.0. The van der Waals surface area contributed by atoms with Crippen molar-refractivity contribution in [3.8, 4) is 17.6 Å². The number of carbonyl (C=O) groups excluding carboxylic acids is 1. The number of nitrogens with zero attached hydrogens (tertiary/aromatic N) is 1. The second kappa shape index (κ2) is 5.41. The summed E-state index contributed by atoms with van der Waals surface area (Å²) in [6, 6.07) is 7.48. The van der Waals surface area contributed by atoms with Gasteiger partial charge in [-0.3, -0.25) is 4.79 Å². The van der Waals surface area contributed by atoms with Gasteiger partial charge in [0.2, 0.25) is 12.7 Å². The van der Waals surface area contributed by atoms with Crippen LogP contribution in [0, 0.1) is 17.2 Å². The predicted molar refractivity (Wildman–Crippen MR) is 63.8 cm³/mol. The van der Waals surface area contributed by atoms with Gasteiger partial charge in [-0.1, -0.05) is 13.0 Å². The monoisotopic (exact) mass is 246 g/mol. The summed E-state index contributed by atoms with van der Waals surface area (Å²) in [5.74, 6) is 0.583. The zero-order valence-corrected chi connectivity index (χ0v) is 10.1. The molecule has 0 aliphatic carbocycles. The molecule has 1 amide bonds. The van der Waals surface area contributed by atoms with Gasteiger partial charge in [-0.2, -0.15) is 5.26 Å². The van der Waals surface area contributed by atoms with Crippen LogP contribution >= 0.6 is 0 Å². The maximum atomic E-state index is 11.6. The van der Waals surface area contributed by atoms with Crippen LogP contribution < -0.4 is 14.8 Å². The second-order valence-corrected chi connectivity index (χ2v) is 4.00. The van der Waals surface area contributed by atoms with Crippen LogP contribution in [0.2, 0.25) is 0 Å². The van der Waals surface area contributed by atoms with Crippen molar-refractivity contribution < 1.29 is 14.3 Å². The number of hydrogen-bond acceptors (Lipinski definition) is 4. The molecule has 0 aromatic heterocycles. The molecule has 94 valence electrons. The molecule has 0 bridgehead atoms. The topological polar surface area (TPSA) is 71.4 Å². The molecule has 1 heterocycles.